The number of carbonyl (C=O) groups is 1. The molecule has 3 rings (SSSR count). The van der Waals surface area contributed by atoms with Crippen molar-refractivity contribution in [2.24, 2.45) is 17.6 Å². The van der Waals surface area contributed by atoms with Gasteiger partial charge in [0.1, 0.15) is 6.33 Å². The molecule has 0 bridgehead atoms. The molecule has 1 saturated carbocycles. The van der Waals surface area contributed by atoms with Crippen molar-refractivity contribution in [2.75, 3.05) is 11.9 Å². The van der Waals surface area contributed by atoms with Crippen LogP contribution in [0.2, 0.25) is 0 Å². The van der Waals surface area contributed by atoms with Crippen molar-refractivity contribution in [1.82, 2.24) is 25.4 Å². The summed E-state index contributed by atoms with van der Waals surface area (Å²) in [6.45, 7) is 0.729. The number of anilines is 1. The van der Waals surface area contributed by atoms with Gasteiger partial charge in [0, 0.05) is 5.92 Å². The predicted molar refractivity (Wildman–Crippen MR) is 77.2 cm³/mol. The van der Waals surface area contributed by atoms with E-state index in [4.69, 9.17) is 5.73 Å². The molecule has 1 aliphatic rings. The lowest BCUT2D eigenvalue weighted by molar-refractivity contribution is -0.121. The van der Waals surface area contributed by atoms with E-state index in [1.807, 2.05) is 0 Å². The molecule has 1 fully saturated rings. The minimum atomic E-state index is 0.00389. The van der Waals surface area contributed by atoms with Crippen LogP contribution in [0.15, 0.2) is 6.33 Å². The van der Waals surface area contributed by atoms with Gasteiger partial charge in [0.25, 0.3) is 0 Å². The van der Waals surface area contributed by atoms with E-state index in [0.717, 1.165) is 38.6 Å². The van der Waals surface area contributed by atoms with E-state index in [2.05, 4.69) is 30.7 Å². The molecule has 21 heavy (non-hydrogen) atoms. The van der Waals surface area contributed by atoms with E-state index in [9.17, 15) is 4.79 Å². The average Bonchev–Trinajstić information content (AvgIpc) is 2.98. The van der Waals surface area contributed by atoms with Crippen LogP contribution in [0.3, 0.4) is 0 Å². The van der Waals surface area contributed by atoms with Gasteiger partial charge in [0.15, 0.2) is 11.3 Å². The molecule has 8 nitrogen and oxygen atoms in total. The van der Waals surface area contributed by atoms with Gasteiger partial charge in [0.2, 0.25) is 11.6 Å². The molecule has 8 heteroatoms. The molecule has 2 heterocycles. The van der Waals surface area contributed by atoms with Gasteiger partial charge in [-0.05, 0) is 44.6 Å². The molecular weight excluding hydrogens is 270 g/mol. The molecule has 1 aliphatic carbocycles. The minimum Gasteiger partial charge on any atom is -0.330 e. The molecule has 0 atom stereocenters. The molecule has 0 radical (unpaired) electrons. The maximum Gasteiger partial charge on any atom is 0.228 e. The van der Waals surface area contributed by atoms with Crippen molar-refractivity contribution in [3.63, 3.8) is 0 Å². The summed E-state index contributed by atoms with van der Waals surface area (Å²) in [6.07, 6.45) is 6.38. The lowest BCUT2D eigenvalue weighted by Gasteiger charge is -2.27. The first-order chi connectivity index (χ1) is 10.3. The molecular formula is C13H19N7O. The molecule has 4 N–H and O–H groups in total. The third-order valence-electron chi connectivity index (χ3n) is 4.15. The van der Waals surface area contributed by atoms with Crippen molar-refractivity contribution in [1.29, 1.82) is 0 Å². The van der Waals surface area contributed by atoms with Crippen LogP contribution in [-0.4, -0.2) is 37.8 Å². The molecule has 0 aliphatic heterocycles. The van der Waals surface area contributed by atoms with Gasteiger partial charge >= 0.3 is 0 Å². The van der Waals surface area contributed by atoms with Gasteiger partial charge < -0.3 is 11.1 Å². The fourth-order valence-corrected chi connectivity index (χ4v) is 2.94. The highest BCUT2D eigenvalue weighted by atomic mass is 16.1. The van der Waals surface area contributed by atoms with Crippen LogP contribution in [0.4, 0.5) is 5.82 Å². The van der Waals surface area contributed by atoms with Crippen LogP contribution in [0.1, 0.15) is 32.1 Å². The number of hydrogen-bond donors (Lipinski definition) is 3. The van der Waals surface area contributed by atoms with Crippen LogP contribution >= 0.6 is 0 Å². The van der Waals surface area contributed by atoms with Crippen molar-refractivity contribution in [3.8, 4) is 0 Å². The Morgan fingerprint density at radius 2 is 2.10 bits per heavy atom. The minimum absolute atomic E-state index is 0.00389. The summed E-state index contributed by atoms with van der Waals surface area (Å²) in [5.74, 6) is 1.13. The Morgan fingerprint density at radius 3 is 2.86 bits per heavy atom. The second-order valence-electron chi connectivity index (χ2n) is 5.50. The second kappa shape index (κ2) is 6.13. The number of carbonyl (C=O) groups excluding carboxylic acids is 1. The number of amides is 1. The highest BCUT2D eigenvalue weighted by molar-refractivity contribution is 5.97. The lowest BCUT2D eigenvalue weighted by atomic mass is 9.80. The van der Waals surface area contributed by atoms with Crippen molar-refractivity contribution >= 4 is 22.9 Å². The molecule has 1 amide bonds. The van der Waals surface area contributed by atoms with Gasteiger partial charge in [-0.3, -0.25) is 4.79 Å². The van der Waals surface area contributed by atoms with Crippen molar-refractivity contribution in [2.45, 2.75) is 32.1 Å². The van der Waals surface area contributed by atoms with E-state index >= 15 is 0 Å². The van der Waals surface area contributed by atoms with Crippen LogP contribution in [-0.2, 0) is 4.79 Å². The molecule has 2 aromatic rings. The first kappa shape index (κ1) is 13.9. The summed E-state index contributed by atoms with van der Waals surface area (Å²) in [5, 5.41) is 13.2. The van der Waals surface area contributed by atoms with Gasteiger partial charge in [-0.15, -0.1) is 5.10 Å². The number of nitrogens with one attached hydrogen (secondary N) is 2. The second-order valence-corrected chi connectivity index (χ2v) is 5.50. The van der Waals surface area contributed by atoms with E-state index in [-0.39, 0.29) is 11.8 Å². The van der Waals surface area contributed by atoms with Crippen LogP contribution in [0, 0.1) is 11.8 Å². The summed E-state index contributed by atoms with van der Waals surface area (Å²) in [7, 11) is 0. The zero-order valence-corrected chi connectivity index (χ0v) is 11.7. The predicted octanol–water partition coefficient (Wildman–Crippen LogP) is 0.842. The quantitative estimate of drug-likeness (QED) is 0.766. The van der Waals surface area contributed by atoms with Gasteiger partial charge in [-0.25, -0.2) is 9.97 Å². The Balaban J connectivity index is 1.63. The lowest BCUT2D eigenvalue weighted by Crippen LogP contribution is -2.28. The Kier molecular flexibility index (Phi) is 4.05. The maximum atomic E-state index is 12.3. The Hall–Kier alpha value is -2.09. The Labute approximate surface area is 121 Å². The Bertz CT molecular complexity index is 618. The number of aromatic amines is 1. The molecule has 0 saturated heterocycles. The van der Waals surface area contributed by atoms with E-state index in [1.54, 1.807) is 0 Å². The molecule has 112 valence electrons. The SMILES string of the molecule is NCCC1CCC(C(=O)Nc2ncnc3n[nH]nc23)CC1. The third kappa shape index (κ3) is 2.99. The number of aromatic nitrogens is 5. The number of nitrogens with two attached hydrogens (primary N) is 1. The first-order valence-corrected chi connectivity index (χ1v) is 7.30. The first-order valence-electron chi connectivity index (χ1n) is 7.30. The van der Waals surface area contributed by atoms with Crippen LogP contribution in [0.25, 0.3) is 11.2 Å². The van der Waals surface area contributed by atoms with E-state index < -0.39 is 0 Å². The van der Waals surface area contributed by atoms with Gasteiger partial charge in [-0.2, -0.15) is 10.3 Å². The molecule has 0 spiro atoms. The summed E-state index contributed by atoms with van der Waals surface area (Å²) >= 11 is 0. The molecule has 0 aromatic carbocycles. The zero-order chi connectivity index (χ0) is 14.7. The molecule has 2 aromatic heterocycles. The van der Waals surface area contributed by atoms with E-state index in [0.29, 0.717) is 22.9 Å². The summed E-state index contributed by atoms with van der Waals surface area (Å²) in [6, 6.07) is 0. The molecule has 0 unspecified atom stereocenters. The number of rotatable bonds is 4. The third-order valence-corrected chi connectivity index (χ3v) is 4.15. The summed E-state index contributed by atoms with van der Waals surface area (Å²) < 4.78 is 0. The zero-order valence-electron chi connectivity index (χ0n) is 11.7. The fraction of sp³-hybridized carbons (Fsp3) is 0.615. The standard InChI is InChI=1S/C13H19N7O/c14-6-5-8-1-3-9(4-2-8)13(21)17-11-10-12(16-7-15-11)19-20-18-10/h7-9H,1-6,14H2,(H2,15,16,17,18,19,20,21). The monoisotopic (exact) mass is 289 g/mol. The normalized spacial score (nSPS) is 22.3. The highest BCUT2D eigenvalue weighted by Crippen LogP contribution is 2.31. The van der Waals surface area contributed by atoms with Crippen LogP contribution in [0.5, 0.6) is 0 Å². The van der Waals surface area contributed by atoms with Crippen molar-refractivity contribution in [3.05, 3.63) is 6.33 Å². The van der Waals surface area contributed by atoms with Crippen LogP contribution < -0.4 is 11.1 Å². The topological polar surface area (TPSA) is 122 Å². The summed E-state index contributed by atoms with van der Waals surface area (Å²) in [5.41, 5.74) is 6.53. The number of hydrogen-bond acceptors (Lipinski definition) is 6. The van der Waals surface area contributed by atoms with E-state index in [1.165, 1.54) is 6.33 Å². The smallest absolute Gasteiger partial charge is 0.228 e. The Morgan fingerprint density at radius 1 is 1.29 bits per heavy atom. The highest BCUT2D eigenvalue weighted by Gasteiger charge is 2.26. The summed E-state index contributed by atoms with van der Waals surface area (Å²) in [4.78, 5) is 20.4. The average molecular weight is 289 g/mol. The maximum absolute atomic E-state index is 12.3. The van der Waals surface area contributed by atoms with Gasteiger partial charge in [-0.1, -0.05) is 0 Å². The van der Waals surface area contributed by atoms with Crippen molar-refractivity contribution < 1.29 is 4.79 Å². The largest absolute Gasteiger partial charge is 0.330 e. The number of H-pyrrole nitrogens is 1. The van der Waals surface area contributed by atoms with Gasteiger partial charge in [0.05, 0.1) is 0 Å². The fourth-order valence-electron chi connectivity index (χ4n) is 2.94. The number of nitrogens with zero attached hydrogens (tertiary/aromatic N) is 4. The number of fused-ring (bicyclic) bond motifs is 1.